The Labute approximate surface area is 202 Å². The van der Waals surface area contributed by atoms with Crippen molar-refractivity contribution < 1.29 is 34.8 Å². The number of nitrogens with zero attached hydrogens (tertiary/aromatic N) is 1. The molecule has 0 spiro atoms. The number of phenolic OH excluding ortho intramolecular Hbond substituents is 1. The Morgan fingerprint density at radius 3 is 2.51 bits per heavy atom. The van der Waals surface area contributed by atoms with E-state index in [1.54, 1.807) is 0 Å². The molecule has 1 saturated carbocycles. The van der Waals surface area contributed by atoms with Crippen LogP contribution in [0.15, 0.2) is 23.0 Å². The summed E-state index contributed by atoms with van der Waals surface area (Å²) in [6.07, 6.45) is 0.939. The van der Waals surface area contributed by atoms with E-state index >= 15 is 0 Å². The van der Waals surface area contributed by atoms with Crippen LogP contribution in [0, 0.1) is 11.8 Å². The van der Waals surface area contributed by atoms with Gasteiger partial charge in [-0.1, -0.05) is 6.92 Å². The van der Waals surface area contributed by atoms with Gasteiger partial charge < -0.3 is 36.4 Å². The number of phenols is 1. The molecule has 0 radical (unpaired) electrons. The van der Waals surface area contributed by atoms with Crippen LogP contribution >= 0.6 is 0 Å². The average molecular weight is 486 g/mol. The molecule has 0 aliphatic heterocycles. The molecule has 0 bridgehead atoms. The highest BCUT2D eigenvalue weighted by Gasteiger charge is 2.60. The highest BCUT2D eigenvalue weighted by molar-refractivity contribution is 6.22. The first-order valence-electron chi connectivity index (χ1n) is 11.7. The molecule has 0 saturated heterocycles. The van der Waals surface area contributed by atoms with Gasteiger partial charge in [0.05, 0.1) is 5.56 Å². The third-order valence-corrected chi connectivity index (χ3v) is 7.34. The maximum Gasteiger partial charge on any atom is 0.255 e. The number of primary amides is 1. The highest BCUT2D eigenvalue weighted by Crippen LogP contribution is 2.53. The number of aromatic hydroxyl groups is 1. The molecular formula is C25H31N3O7. The summed E-state index contributed by atoms with van der Waals surface area (Å²) in [5, 5.41) is 47.6. The van der Waals surface area contributed by atoms with Crippen LogP contribution in [0.2, 0.25) is 0 Å². The quantitative estimate of drug-likeness (QED) is 0.254. The molecule has 1 fully saturated rings. The Morgan fingerprint density at radius 1 is 1.23 bits per heavy atom. The number of aliphatic hydroxyl groups excluding tert-OH is 2. The number of Topliss-reactive ketones (excluding diaryl/α,β-unsaturated/α-hetero) is 2. The van der Waals surface area contributed by atoms with Crippen molar-refractivity contribution in [1.29, 1.82) is 0 Å². The first kappa shape index (κ1) is 24.7. The molecule has 3 aliphatic rings. The summed E-state index contributed by atoms with van der Waals surface area (Å²) in [6, 6.07) is 1.84. The number of carbonyl (C=O) groups excluding carboxylic acids is 3. The summed E-state index contributed by atoms with van der Waals surface area (Å²) >= 11 is 0. The number of fused-ring (bicyclic) bond motifs is 3. The largest absolute Gasteiger partial charge is 0.508 e. The fourth-order valence-electron chi connectivity index (χ4n) is 5.66. The maximum atomic E-state index is 13.6. The number of amides is 1. The number of hydrogen-bond acceptors (Lipinski definition) is 9. The van der Waals surface area contributed by atoms with E-state index in [2.05, 4.69) is 5.32 Å². The van der Waals surface area contributed by atoms with Gasteiger partial charge in [-0.2, -0.15) is 0 Å². The second kappa shape index (κ2) is 8.69. The van der Waals surface area contributed by atoms with E-state index in [-0.39, 0.29) is 36.1 Å². The second-order valence-electron chi connectivity index (χ2n) is 9.73. The number of anilines is 1. The van der Waals surface area contributed by atoms with Gasteiger partial charge in [0, 0.05) is 49.8 Å². The SMILES string of the molecule is CCCNCc1cc(N(C)C)c2c(c1O)C(O)=C1C(=O)[C@]3(O)C(O)=C(C(N)=O)C(=O)C[C@@H]3C[C@@H]1C2. The average Bonchev–Trinajstić information content (AvgIpc) is 2.77. The van der Waals surface area contributed by atoms with E-state index in [1.807, 2.05) is 32.0 Å². The summed E-state index contributed by atoms with van der Waals surface area (Å²) in [5.74, 6) is -6.23. The number of ketones is 2. The summed E-state index contributed by atoms with van der Waals surface area (Å²) in [7, 11) is 3.68. The number of carbonyl (C=O) groups is 3. The van der Waals surface area contributed by atoms with Crippen molar-refractivity contribution in [3.63, 3.8) is 0 Å². The molecule has 1 amide bonds. The van der Waals surface area contributed by atoms with Crippen molar-refractivity contribution in [2.24, 2.45) is 17.6 Å². The summed E-state index contributed by atoms with van der Waals surface area (Å²) < 4.78 is 0. The minimum absolute atomic E-state index is 0.107. The van der Waals surface area contributed by atoms with Crippen molar-refractivity contribution in [1.82, 2.24) is 5.32 Å². The third-order valence-electron chi connectivity index (χ3n) is 7.34. The topological polar surface area (TPSA) is 173 Å². The van der Waals surface area contributed by atoms with Crippen LogP contribution in [0.5, 0.6) is 5.75 Å². The van der Waals surface area contributed by atoms with E-state index < -0.39 is 52.0 Å². The molecule has 1 aromatic carbocycles. The summed E-state index contributed by atoms with van der Waals surface area (Å²) in [4.78, 5) is 39.7. The zero-order valence-corrected chi connectivity index (χ0v) is 20.0. The lowest BCUT2D eigenvalue weighted by atomic mass is 9.59. The van der Waals surface area contributed by atoms with Crippen molar-refractivity contribution in [2.45, 2.75) is 44.8 Å². The Balaban J connectivity index is 1.91. The molecule has 0 heterocycles. The smallest absolute Gasteiger partial charge is 0.255 e. The number of aliphatic hydroxyl groups is 3. The van der Waals surface area contributed by atoms with Crippen molar-refractivity contribution in [3.8, 4) is 5.75 Å². The normalized spacial score (nSPS) is 25.8. The monoisotopic (exact) mass is 485 g/mol. The zero-order valence-electron chi connectivity index (χ0n) is 20.0. The predicted molar refractivity (Wildman–Crippen MR) is 128 cm³/mol. The molecule has 188 valence electrons. The molecule has 0 aromatic heterocycles. The van der Waals surface area contributed by atoms with Gasteiger partial charge in [0.15, 0.2) is 11.4 Å². The van der Waals surface area contributed by atoms with Crippen LogP contribution in [0.4, 0.5) is 5.69 Å². The highest BCUT2D eigenvalue weighted by atomic mass is 16.3. The van der Waals surface area contributed by atoms with Gasteiger partial charge in [0.25, 0.3) is 5.91 Å². The number of rotatable bonds is 6. The number of nitrogens with one attached hydrogen (secondary N) is 1. The molecule has 7 N–H and O–H groups in total. The van der Waals surface area contributed by atoms with E-state index in [1.165, 1.54) is 0 Å². The van der Waals surface area contributed by atoms with Crippen LogP contribution in [0.3, 0.4) is 0 Å². The Hall–Kier alpha value is -3.37. The van der Waals surface area contributed by atoms with Crippen molar-refractivity contribution in [3.05, 3.63) is 39.7 Å². The van der Waals surface area contributed by atoms with Crippen LogP contribution in [-0.4, -0.2) is 64.1 Å². The Kier molecular flexibility index (Phi) is 6.14. The third kappa shape index (κ3) is 3.59. The molecule has 3 aliphatic carbocycles. The molecule has 3 atom stereocenters. The molecule has 10 nitrogen and oxygen atoms in total. The molecule has 35 heavy (non-hydrogen) atoms. The van der Waals surface area contributed by atoms with Crippen LogP contribution in [0.1, 0.15) is 42.9 Å². The van der Waals surface area contributed by atoms with Gasteiger partial charge in [-0.25, -0.2) is 0 Å². The summed E-state index contributed by atoms with van der Waals surface area (Å²) in [6.45, 7) is 3.08. The van der Waals surface area contributed by atoms with Crippen LogP contribution in [-0.2, 0) is 27.3 Å². The summed E-state index contributed by atoms with van der Waals surface area (Å²) in [5.41, 5.74) is 3.79. The van der Waals surface area contributed by atoms with Gasteiger partial charge in [0.2, 0.25) is 5.78 Å². The maximum absolute atomic E-state index is 13.6. The molecule has 10 heteroatoms. The fourth-order valence-corrected chi connectivity index (χ4v) is 5.66. The fraction of sp³-hybridized carbons (Fsp3) is 0.480. The number of nitrogens with two attached hydrogens (primary N) is 1. The first-order chi connectivity index (χ1) is 16.4. The molecule has 1 aromatic rings. The lowest BCUT2D eigenvalue weighted by Crippen LogP contribution is -2.58. The van der Waals surface area contributed by atoms with Crippen LogP contribution in [0.25, 0.3) is 5.76 Å². The van der Waals surface area contributed by atoms with Gasteiger partial charge in [-0.05, 0) is 43.4 Å². The lowest BCUT2D eigenvalue weighted by Gasteiger charge is -2.46. The van der Waals surface area contributed by atoms with Gasteiger partial charge >= 0.3 is 0 Å². The minimum Gasteiger partial charge on any atom is -0.508 e. The van der Waals surface area contributed by atoms with Crippen molar-refractivity contribution in [2.75, 3.05) is 25.5 Å². The van der Waals surface area contributed by atoms with Gasteiger partial charge in [0.1, 0.15) is 22.8 Å². The molecule has 0 unspecified atom stereocenters. The van der Waals surface area contributed by atoms with E-state index in [4.69, 9.17) is 5.73 Å². The number of hydrogen-bond donors (Lipinski definition) is 6. The van der Waals surface area contributed by atoms with E-state index in [0.29, 0.717) is 17.7 Å². The van der Waals surface area contributed by atoms with Crippen LogP contribution < -0.4 is 16.0 Å². The van der Waals surface area contributed by atoms with Gasteiger partial charge in [-0.3, -0.25) is 14.4 Å². The molecule has 4 rings (SSSR count). The van der Waals surface area contributed by atoms with Crippen molar-refractivity contribution >= 4 is 28.9 Å². The number of benzene rings is 1. The first-order valence-corrected chi connectivity index (χ1v) is 11.7. The second-order valence-corrected chi connectivity index (χ2v) is 9.73. The Bertz CT molecular complexity index is 1200. The standard InChI is InChI=1S/C25H31N3O7/c1-4-5-27-10-12-8-15(28(2)3)14-7-11-6-13-9-16(29)19(24(26)34)23(33)25(13,35)22(32)17(11)21(31)18(14)20(12)30/h8,11,13,27,30-31,33,35H,4-7,9-10H2,1-3H3,(H2,26,34)/t11-,13+,25+/m1/s1. The van der Waals surface area contributed by atoms with Gasteiger partial charge in [-0.15, -0.1) is 0 Å². The zero-order chi connectivity index (χ0) is 25.8. The minimum atomic E-state index is -2.56. The molecular weight excluding hydrogens is 454 g/mol. The van der Waals surface area contributed by atoms with E-state index in [0.717, 1.165) is 18.7 Å². The lowest BCUT2D eigenvalue weighted by molar-refractivity contribution is -0.147. The van der Waals surface area contributed by atoms with E-state index in [9.17, 15) is 34.8 Å². The Morgan fingerprint density at radius 2 is 1.91 bits per heavy atom. The predicted octanol–water partition coefficient (Wildman–Crippen LogP) is 0.990.